The fourth-order valence-electron chi connectivity index (χ4n) is 4.95. The first kappa shape index (κ1) is 30.9. The van der Waals surface area contributed by atoms with E-state index >= 15 is 0 Å². The molecule has 0 amide bonds. The van der Waals surface area contributed by atoms with Gasteiger partial charge in [-0.15, -0.1) is 0 Å². The third-order valence-corrected chi connectivity index (χ3v) is 8.43. The van der Waals surface area contributed by atoms with E-state index in [0.29, 0.717) is 54.2 Å². The lowest BCUT2D eigenvalue weighted by Gasteiger charge is -2.26. The zero-order valence-corrected chi connectivity index (χ0v) is 26.5. The zero-order chi connectivity index (χ0) is 31.4. The number of ether oxygens (including phenoxy) is 5. The fourth-order valence-corrected chi connectivity index (χ4v) is 6.19. The number of carbonyl (C=O) groups is 1. The molecule has 0 N–H and O–H groups in total. The van der Waals surface area contributed by atoms with Crippen LogP contribution in [0.4, 0.5) is 0 Å². The summed E-state index contributed by atoms with van der Waals surface area (Å²) < 4.78 is 30.0. The van der Waals surface area contributed by atoms with Crippen molar-refractivity contribution in [3.8, 4) is 23.0 Å². The number of hydrogen-bond donors (Lipinski definition) is 0. The Labute approximate surface area is 263 Å². The molecule has 44 heavy (non-hydrogen) atoms. The summed E-state index contributed by atoms with van der Waals surface area (Å²) in [7, 11) is 4.63. The van der Waals surface area contributed by atoms with Crippen molar-refractivity contribution in [2.24, 2.45) is 4.99 Å². The molecule has 0 radical (unpaired) electrons. The summed E-state index contributed by atoms with van der Waals surface area (Å²) in [4.78, 5) is 32.4. The first-order chi connectivity index (χ1) is 21.3. The van der Waals surface area contributed by atoms with Gasteiger partial charge in [-0.1, -0.05) is 47.2 Å². The van der Waals surface area contributed by atoms with E-state index in [1.807, 2.05) is 30.3 Å². The Balaban J connectivity index is 1.60. The van der Waals surface area contributed by atoms with Crippen molar-refractivity contribution in [2.45, 2.75) is 26.5 Å². The Bertz CT molecular complexity index is 1930. The monoisotopic (exact) mass is 634 g/mol. The van der Waals surface area contributed by atoms with E-state index in [-0.39, 0.29) is 24.3 Å². The number of halogens is 1. The van der Waals surface area contributed by atoms with Crippen molar-refractivity contribution >= 4 is 35.0 Å². The van der Waals surface area contributed by atoms with Crippen molar-refractivity contribution in [1.82, 2.24) is 4.57 Å². The highest BCUT2D eigenvalue weighted by atomic mass is 35.5. The molecule has 0 spiro atoms. The highest BCUT2D eigenvalue weighted by Crippen LogP contribution is 2.38. The number of aromatic nitrogens is 1. The Morgan fingerprint density at radius 3 is 2.45 bits per heavy atom. The maximum atomic E-state index is 14.1. The number of carbonyl (C=O) groups excluding carboxylic acids is 1. The van der Waals surface area contributed by atoms with Crippen molar-refractivity contribution in [3.63, 3.8) is 0 Å². The van der Waals surface area contributed by atoms with Gasteiger partial charge in [-0.05, 0) is 61.9 Å². The van der Waals surface area contributed by atoms with Crippen LogP contribution in [0.25, 0.3) is 6.08 Å². The molecule has 228 valence electrons. The number of rotatable bonds is 10. The molecule has 3 aromatic carbocycles. The van der Waals surface area contributed by atoms with Gasteiger partial charge in [0.25, 0.3) is 5.56 Å². The van der Waals surface area contributed by atoms with Gasteiger partial charge in [0.05, 0.1) is 43.7 Å². The van der Waals surface area contributed by atoms with Crippen LogP contribution >= 0.6 is 22.9 Å². The van der Waals surface area contributed by atoms with Gasteiger partial charge in [0.1, 0.15) is 24.1 Å². The normalized spacial score (nSPS) is 14.5. The molecule has 2 heterocycles. The number of methoxy groups -OCH3 is 3. The molecule has 0 saturated heterocycles. The third kappa shape index (κ3) is 6.09. The molecule has 1 atom stereocenters. The van der Waals surface area contributed by atoms with Crippen LogP contribution in [-0.2, 0) is 16.1 Å². The highest BCUT2D eigenvalue weighted by Gasteiger charge is 2.35. The largest absolute Gasteiger partial charge is 0.497 e. The standard InChI is InChI=1S/C33H31ClN2O7S/c1-6-42-32(38)29-19(2)35-33-36(30(29)23-17-22(39-3)12-14-25(23)40-4)31(37)28(44-33)16-20-11-13-26(27(15-20)41-5)43-18-21-9-7-8-10-24(21)34/h7-17,30H,6,18H2,1-5H3/b28-16+/t30-/m0/s1. The van der Waals surface area contributed by atoms with Crippen molar-refractivity contribution < 1.29 is 28.5 Å². The van der Waals surface area contributed by atoms with Crippen LogP contribution in [0.5, 0.6) is 23.0 Å². The summed E-state index contributed by atoms with van der Waals surface area (Å²) in [6, 6.07) is 17.3. The minimum absolute atomic E-state index is 0.169. The summed E-state index contributed by atoms with van der Waals surface area (Å²) in [5.41, 5.74) is 2.51. The topological polar surface area (TPSA) is 97.6 Å². The van der Waals surface area contributed by atoms with Gasteiger partial charge in [-0.2, -0.15) is 0 Å². The molecule has 1 aromatic heterocycles. The average Bonchev–Trinajstić information content (AvgIpc) is 3.33. The van der Waals surface area contributed by atoms with E-state index in [0.717, 1.165) is 5.56 Å². The Hall–Kier alpha value is -4.54. The number of benzene rings is 3. The predicted octanol–water partition coefficient (Wildman–Crippen LogP) is 5.06. The zero-order valence-electron chi connectivity index (χ0n) is 24.9. The van der Waals surface area contributed by atoms with Crippen molar-refractivity contribution in [3.05, 3.63) is 113 Å². The first-order valence-electron chi connectivity index (χ1n) is 13.7. The smallest absolute Gasteiger partial charge is 0.338 e. The van der Waals surface area contributed by atoms with Crippen molar-refractivity contribution in [2.75, 3.05) is 27.9 Å². The number of esters is 1. The molecule has 9 nitrogen and oxygen atoms in total. The average molecular weight is 635 g/mol. The molecule has 0 unspecified atom stereocenters. The molecular weight excluding hydrogens is 604 g/mol. The molecular formula is C33H31ClN2O7S. The van der Waals surface area contributed by atoms with E-state index in [1.165, 1.54) is 23.0 Å². The van der Waals surface area contributed by atoms with Crippen LogP contribution in [-0.4, -0.2) is 38.5 Å². The number of hydrogen-bond acceptors (Lipinski definition) is 9. The van der Waals surface area contributed by atoms with Crippen LogP contribution < -0.4 is 33.8 Å². The second-order valence-electron chi connectivity index (χ2n) is 9.70. The quantitative estimate of drug-likeness (QED) is 0.225. The SMILES string of the molecule is CCOC(=O)C1=C(C)N=c2s/c(=C/c3ccc(OCc4ccccc4Cl)c(OC)c3)c(=O)n2[C@H]1c1cc(OC)ccc1OC. The van der Waals surface area contributed by atoms with Gasteiger partial charge in [0.15, 0.2) is 16.3 Å². The van der Waals surface area contributed by atoms with Crippen LogP contribution in [0.2, 0.25) is 5.02 Å². The molecule has 1 aliphatic heterocycles. The van der Waals surface area contributed by atoms with Gasteiger partial charge in [0.2, 0.25) is 0 Å². The molecule has 0 saturated carbocycles. The second kappa shape index (κ2) is 13.4. The molecule has 0 fully saturated rings. The summed E-state index contributed by atoms with van der Waals surface area (Å²) in [6.45, 7) is 3.90. The maximum Gasteiger partial charge on any atom is 0.338 e. The van der Waals surface area contributed by atoms with Gasteiger partial charge >= 0.3 is 5.97 Å². The molecule has 1 aliphatic rings. The van der Waals surface area contributed by atoms with E-state index in [4.69, 9.17) is 35.3 Å². The molecule has 11 heteroatoms. The Morgan fingerprint density at radius 2 is 1.75 bits per heavy atom. The highest BCUT2D eigenvalue weighted by molar-refractivity contribution is 7.07. The van der Waals surface area contributed by atoms with E-state index < -0.39 is 12.0 Å². The van der Waals surface area contributed by atoms with Gasteiger partial charge in [-0.3, -0.25) is 9.36 Å². The molecule has 5 rings (SSSR count). The van der Waals surface area contributed by atoms with Crippen LogP contribution in [0, 0.1) is 0 Å². The second-order valence-corrected chi connectivity index (χ2v) is 11.1. The van der Waals surface area contributed by atoms with Gasteiger partial charge < -0.3 is 23.7 Å². The Kier molecular flexibility index (Phi) is 9.41. The maximum absolute atomic E-state index is 14.1. The molecule has 0 bridgehead atoms. The number of fused-ring (bicyclic) bond motifs is 1. The number of nitrogens with zero attached hydrogens (tertiary/aromatic N) is 2. The Morgan fingerprint density at radius 1 is 1.00 bits per heavy atom. The molecule has 0 aliphatic carbocycles. The van der Waals surface area contributed by atoms with E-state index in [1.54, 1.807) is 64.5 Å². The lowest BCUT2D eigenvalue weighted by molar-refractivity contribution is -0.139. The fraction of sp³-hybridized carbons (Fsp3) is 0.242. The van der Waals surface area contributed by atoms with Crippen molar-refractivity contribution in [1.29, 1.82) is 0 Å². The predicted molar refractivity (Wildman–Crippen MR) is 169 cm³/mol. The van der Waals surface area contributed by atoms with Gasteiger partial charge in [-0.25, -0.2) is 9.79 Å². The lowest BCUT2D eigenvalue weighted by atomic mass is 9.94. The summed E-state index contributed by atoms with van der Waals surface area (Å²) >= 11 is 7.49. The van der Waals surface area contributed by atoms with E-state index in [2.05, 4.69) is 4.99 Å². The van der Waals surface area contributed by atoms with Gasteiger partial charge in [0, 0.05) is 16.1 Å². The summed E-state index contributed by atoms with van der Waals surface area (Å²) in [5, 5.41) is 0.615. The number of allylic oxidation sites excluding steroid dienone is 1. The van der Waals surface area contributed by atoms with E-state index in [9.17, 15) is 9.59 Å². The summed E-state index contributed by atoms with van der Waals surface area (Å²) in [6.07, 6.45) is 1.76. The first-order valence-corrected chi connectivity index (χ1v) is 14.9. The number of thiazole rings is 1. The minimum Gasteiger partial charge on any atom is -0.497 e. The van der Waals surface area contributed by atoms with Crippen LogP contribution in [0.3, 0.4) is 0 Å². The van der Waals surface area contributed by atoms with Crippen LogP contribution in [0.1, 0.15) is 36.6 Å². The lowest BCUT2D eigenvalue weighted by Crippen LogP contribution is -2.40. The third-order valence-electron chi connectivity index (χ3n) is 7.07. The van der Waals surface area contributed by atoms with Crippen LogP contribution in [0.15, 0.2) is 81.7 Å². The molecule has 4 aromatic rings. The summed E-state index contributed by atoms with van der Waals surface area (Å²) in [5.74, 6) is 1.50. The minimum atomic E-state index is -0.854.